The molecule has 0 bridgehead atoms. The molecule has 0 saturated carbocycles. The minimum Gasteiger partial charge on any atom is -0.479 e. The monoisotopic (exact) mass is 742 g/mol. The lowest BCUT2D eigenvalue weighted by molar-refractivity contribution is -0.290. The Bertz CT molecular complexity index is 909. The van der Waals surface area contributed by atoms with E-state index < -0.39 is 42.4 Å². The fraction of sp³-hybridized carbons (Fsp3) is 0.952. The number of nitrogens with one attached hydrogen (secondary N) is 1. The molecule has 0 spiro atoms. The number of nitrogens with two attached hydrogens (primary N) is 1. The van der Waals surface area contributed by atoms with Crippen LogP contribution in [0.1, 0.15) is 207 Å². The van der Waals surface area contributed by atoms with E-state index in [1.807, 2.05) is 13.8 Å². The summed E-state index contributed by atoms with van der Waals surface area (Å²) < 4.78 is 6.28. The number of rotatable bonds is 34. The number of ether oxygens (including phenoxy) is 1. The molecule has 0 aromatic rings. The number of carboxylic acids is 1. The smallest absolute Gasteiger partial charge is 0.338 e. The van der Waals surface area contributed by atoms with Crippen LogP contribution in [-0.4, -0.2) is 80.2 Å². The second kappa shape index (κ2) is 29.0. The molecule has 0 aromatic carbocycles. The highest BCUT2D eigenvalue weighted by atomic mass is 16.6. The maximum atomic E-state index is 14.1. The molecule has 10 heteroatoms. The van der Waals surface area contributed by atoms with E-state index in [1.165, 1.54) is 114 Å². The Morgan fingerprint density at radius 3 is 1.54 bits per heavy atom. The van der Waals surface area contributed by atoms with Gasteiger partial charge in [-0.3, -0.25) is 4.79 Å². The van der Waals surface area contributed by atoms with Crippen molar-refractivity contribution in [2.45, 2.75) is 237 Å². The van der Waals surface area contributed by atoms with Crippen LogP contribution in [-0.2, 0) is 14.3 Å². The third-order valence-electron chi connectivity index (χ3n) is 10.8. The van der Waals surface area contributed by atoms with E-state index in [2.05, 4.69) is 19.2 Å². The maximum Gasteiger partial charge on any atom is 0.338 e. The van der Waals surface area contributed by atoms with Gasteiger partial charge in [-0.05, 0) is 25.2 Å². The van der Waals surface area contributed by atoms with Crippen molar-refractivity contribution in [1.82, 2.24) is 10.2 Å². The molecule has 1 fully saturated rings. The van der Waals surface area contributed by atoms with E-state index in [4.69, 9.17) is 10.5 Å². The molecule has 52 heavy (non-hydrogen) atoms. The first kappa shape index (κ1) is 48.7. The van der Waals surface area contributed by atoms with Gasteiger partial charge in [0, 0.05) is 19.4 Å². The van der Waals surface area contributed by atoms with Crippen LogP contribution in [0.3, 0.4) is 0 Å². The molecule has 10 nitrogen and oxygen atoms in total. The molecule has 0 radical (unpaired) electrons. The summed E-state index contributed by atoms with van der Waals surface area (Å²) in [6.07, 6.45) is 25.6. The highest BCUT2D eigenvalue weighted by molar-refractivity contribution is 5.79. The van der Waals surface area contributed by atoms with Gasteiger partial charge >= 0.3 is 5.97 Å². The average Bonchev–Trinajstić information content (AvgIpc) is 3.09. The third kappa shape index (κ3) is 19.9. The molecule has 1 saturated heterocycles. The fourth-order valence-electron chi connectivity index (χ4n) is 7.72. The van der Waals surface area contributed by atoms with E-state index in [0.29, 0.717) is 12.8 Å². The van der Waals surface area contributed by atoms with Crippen LogP contribution in [0.15, 0.2) is 0 Å². The van der Waals surface area contributed by atoms with Crippen LogP contribution in [0.4, 0.5) is 0 Å². The lowest BCUT2D eigenvalue weighted by atomic mass is 9.92. The number of hydrogen-bond acceptors (Lipinski definition) is 8. The molecule has 1 heterocycles. The molecule has 5 atom stereocenters. The molecule has 0 aromatic heterocycles. The lowest BCUT2D eigenvalue weighted by Gasteiger charge is -2.53. The van der Waals surface area contributed by atoms with Gasteiger partial charge in [0.25, 0.3) is 0 Å². The molecule has 308 valence electrons. The number of aliphatic carboxylic acids is 1. The topological polar surface area (TPSA) is 166 Å². The van der Waals surface area contributed by atoms with Crippen LogP contribution in [0.5, 0.6) is 0 Å². The third-order valence-corrected chi connectivity index (χ3v) is 10.8. The number of amides is 1. The van der Waals surface area contributed by atoms with Crippen molar-refractivity contribution in [2.75, 3.05) is 13.2 Å². The van der Waals surface area contributed by atoms with Crippen LogP contribution >= 0.6 is 0 Å². The summed E-state index contributed by atoms with van der Waals surface area (Å²) in [6, 6.07) is 0. The van der Waals surface area contributed by atoms with E-state index in [9.17, 15) is 30.0 Å². The first-order valence-corrected chi connectivity index (χ1v) is 21.7. The number of carbonyl (C=O) groups is 2. The zero-order valence-electron chi connectivity index (χ0n) is 34.1. The molecule has 0 aliphatic carbocycles. The number of aliphatic hydroxyl groups excluding tert-OH is 3. The van der Waals surface area contributed by atoms with Gasteiger partial charge in [-0.15, -0.1) is 0 Å². The Morgan fingerprint density at radius 2 is 1.15 bits per heavy atom. The fourth-order valence-corrected chi connectivity index (χ4v) is 7.72. The minimum atomic E-state index is -1.98. The van der Waals surface area contributed by atoms with Crippen molar-refractivity contribution in [1.29, 1.82) is 0 Å². The second-order valence-electron chi connectivity index (χ2n) is 16.3. The quantitative estimate of drug-likeness (QED) is 0.0280. The molecule has 1 aliphatic heterocycles. The summed E-state index contributed by atoms with van der Waals surface area (Å²) in [5.41, 5.74) is 4.53. The number of hydrogen-bond donors (Lipinski definition) is 6. The number of carbonyl (C=O) groups excluding carboxylic acids is 1. The van der Waals surface area contributed by atoms with Crippen LogP contribution < -0.4 is 11.1 Å². The van der Waals surface area contributed by atoms with Crippen molar-refractivity contribution in [2.24, 2.45) is 11.7 Å². The van der Waals surface area contributed by atoms with E-state index in [0.717, 1.165) is 38.5 Å². The SMILES string of the molecule is CCCCCCCCCCCCCCCCCCN(C(=O)CCCCCCCCCCC)[C@@]1(N[C@@](N)(CC(C)C)C(=O)O)C[C@@H](O)[C@H](O)[C@@H](CO)O1. The van der Waals surface area contributed by atoms with E-state index in [1.54, 1.807) is 0 Å². The van der Waals surface area contributed by atoms with Crippen molar-refractivity contribution in [3.05, 3.63) is 0 Å². The number of nitrogens with zero attached hydrogens (tertiary/aromatic N) is 1. The molecule has 0 unspecified atom stereocenters. The molecule has 1 aliphatic rings. The van der Waals surface area contributed by atoms with Gasteiger partial charge in [-0.2, -0.15) is 0 Å². The summed E-state index contributed by atoms with van der Waals surface area (Å²) >= 11 is 0. The zero-order valence-corrected chi connectivity index (χ0v) is 34.1. The predicted octanol–water partition coefficient (Wildman–Crippen LogP) is 8.53. The Balaban J connectivity index is 2.88. The summed E-state index contributed by atoms with van der Waals surface area (Å²) in [6.45, 7) is 7.86. The van der Waals surface area contributed by atoms with Crippen molar-refractivity contribution >= 4 is 11.9 Å². The predicted molar refractivity (Wildman–Crippen MR) is 212 cm³/mol. The second-order valence-corrected chi connectivity index (χ2v) is 16.3. The molecule has 1 rings (SSSR count). The standard InChI is InChI=1S/C42H83N3O7/c1-5-7-9-11-13-15-16-17-18-19-20-21-23-25-27-29-31-45(38(48)30-28-26-24-22-14-12-10-8-6-2)42(33-36(47)39(49)37(34-46)52-42)44-41(43,40(50)51)32-35(3)4/h35-37,39,44,46-47,49H,5-34,43H2,1-4H3,(H,50,51)/t36-,37-,39+,41+,42+/m1/s1. The highest BCUT2D eigenvalue weighted by Crippen LogP contribution is 2.34. The first-order chi connectivity index (χ1) is 25.0. The summed E-state index contributed by atoms with van der Waals surface area (Å²) in [7, 11) is 0. The Kier molecular flexibility index (Phi) is 27.2. The summed E-state index contributed by atoms with van der Waals surface area (Å²) in [5, 5.41) is 45.1. The number of aliphatic hydroxyl groups is 3. The first-order valence-electron chi connectivity index (χ1n) is 21.7. The van der Waals surface area contributed by atoms with Crippen LogP contribution in [0.2, 0.25) is 0 Å². The van der Waals surface area contributed by atoms with Gasteiger partial charge < -0.3 is 35.8 Å². The normalized spacial score (nSPS) is 21.8. The number of unbranched alkanes of at least 4 members (excludes halogenated alkanes) is 23. The van der Waals surface area contributed by atoms with Crippen molar-refractivity contribution < 1.29 is 34.8 Å². The largest absolute Gasteiger partial charge is 0.479 e. The molecule has 1 amide bonds. The summed E-state index contributed by atoms with van der Waals surface area (Å²) in [4.78, 5) is 28.3. The van der Waals surface area contributed by atoms with Gasteiger partial charge in [-0.25, -0.2) is 10.1 Å². The van der Waals surface area contributed by atoms with E-state index in [-0.39, 0.29) is 37.6 Å². The zero-order chi connectivity index (χ0) is 38.7. The number of carboxylic acid groups (broad SMARTS) is 1. The van der Waals surface area contributed by atoms with Gasteiger partial charge in [0.2, 0.25) is 11.8 Å². The van der Waals surface area contributed by atoms with Gasteiger partial charge in [0.1, 0.15) is 12.2 Å². The molecular formula is C42H83N3O7. The molecule has 7 N–H and O–H groups in total. The minimum absolute atomic E-state index is 0.0369. The van der Waals surface area contributed by atoms with Crippen molar-refractivity contribution in [3.63, 3.8) is 0 Å². The van der Waals surface area contributed by atoms with E-state index >= 15 is 0 Å². The van der Waals surface area contributed by atoms with Crippen molar-refractivity contribution in [3.8, 4) is 0 Å². The lowest BCUT2D eigenvalue weighted by Crippen LogP contribution is -2.77. The molecular weight excluding hydrogens is 658 g/mol. The van der Waals surface area contributed by atoms with Gasteiger partial charge in [0.15, 0.2) is 5.66 Å². The van der Waals surface area contributed by atoms with Gasteiger partial charge in [0.05, 0.1) is 12.7 Å². The highest BCUT2D eigenvalue weighted by Gasteiger charge is 2.55. The average molecular weight is 742 g/mol. The van der Waals surface area contributed by atoms with Crippen LogP contribution in [0, 0.1) is 5.92 Å². The summed E-state index contributed by atoms with van der Waals surface area (Å²) in [5.74, 6) is -3.45. The Morgan fingerprint density at radius 1 is 0.750 bits per heavy atom. The Labute approximate surface area is 318 Å². The van der Waals surface area contributed by atoms with Gasteiger partial charge in [-0.1, -0.05) is 175 Å². The maximum absolute atomic E-state index is 14.1. The van der Waals surface area contributed by atoms with Crippen LogP contribution in [0.25, 0.3) is 0 Å². The Hall–Kier alpha value is -1.30.